The molecule has 2 N–H and O–H groups in total. The summed E-state index contributed by atoms with van der Waals surface area (Å²) in [6.45, 7) is 3.85. The summed E-state index contributed by atoms with van der Waals surface area (Å²) in [6, 6.07) is 2.05. The lowest BCUT2D eigenvalue weighted by Crippen LogP contribution is -2.32. The standard InChI is InChI=1S/C12H19NO5S/c1-3-4-5-6-9(2)13-19(16,17)11-8-7-10(18-11)12(14)15/h7-9,13H,3-6H2,1-2H3,(H,14,15). The lowest BCUT2D eigenvalue weighted by Gasteiger charge is -2.12. The third kappa shape index (κ3) is 4.68. The molecule has 0 spiro atoms. The van der Waals surface area contributed by atoms with Crippen LogP contribution in [0.25, 0.3) is 0 Å². The normalized spacial score (nSPS) is 13.4. The van der Waals surface area contributed by atoms with E-state index in [9.17, 15) is 13.2 Å². The highest BCUT2D eigenvalue weighted by Crippen LogP contribution is 2.15. The van der Waals surface area contributed by atoms with Gasteiger partial charge in [0, 0.05) is 6.04 Å². The quantitative estimate of drug-likeness (QED) is 0.715. The molecular formula is C12H19NO5S. The van der Waals surface area contributed by atoms with Crippen LogP contribution >= 0.6 is 0 Å². The summed E-state index contributed by atoms with van der Waals surface area (Å²) in [5.41, 5.74) is 0. The first-order valence-corrected chi connectivity index (χ1v) is 7.70. The summed E-state index contributed by atoms with van der Waals surface area (Å²) in [7, 11) is -3.79. The molecule has 0 aromatic carbocycles. The Hall–Kier alpha value is -1.34. The summed E-state index contributed by atoms with van der Waals surface area (Å²) < 4.78 is 31.1. The summed E-state index contributed by atoms with van der Waals surface area (Å²) >= 11 is 0. The minimum absolute atomic E-state index is 0.213. The molecule has 1 aromatic heterocycles. The number of sulfonamides is 1. The monoisotopic (exact) mass is 289 g/mol. The average molecular weight is 289 g/mol. The fourth-order valence-electron chi connectivity index (χ4n) is 1.66. The first-order valence-electron chi connectivity index (χ1n) is 6.22. The van der Waals surface area contributed by atoms with Gasteiger partial charge in [0.15, 0.2) is 0 Å². The number of hydrogen-bond acceptors (Lipinski definition) is 4. The topological polar surface area (TPSA) is 96.6 Å². The minimum atomic E-state index is -3.79. The van der Waals surface area contributed by atoms with Gasteiger partial charge in [0.25, 0.3) is 10.0 Å². The third-order valence-electron chi connectivity index (χ3n) is 2.65. The Labute approximate surface area is 112 Å². The number of rotatable bonds is 8. The van der Waals surface area contributed by atoms with Crippen LogP contribution in [-0.2, 0) is 10.0 Å². The number of furan rings is 1. The molecule has 1 unspecified atom stereocenters. The third-order valence-corrected chi connectivity index (χ3v) is 4.12. The van der Waals surface area contributed by atoms with Gasteiger partial charge in [-0.05, 0) is 25.5 Å². The van der Waals surface area contributed by atoms with Crippen molar-refractivity contribution in [3.63, 3.8) is 0 Å². The van der Waals surface area contributed by atoms with Gasteiger partial charge in [-0.3, -0.25) is 0 Å². The van der Waals surface area contributed by atoms with E-state index < -0.39 is 16.0 Å². The molecule has 0 aliphatic rings. The molecule has 1 rings (SSSR count). The second kappa shape index (κ2) is 6.72. The van der Waals surface area contributed by atoms with E-state index in [1.807, 2.05) is 0 Å². The predicted octanol–water partition coefficient (Wildman–Crippen LogP) is 2.22. The van der Waals surface area contributed by atoms with Crippen LogP contribution in [0.3, 0.4) is 0 Å². The van der Waals surface area contributed by atoms with Crippen LogP contribution in [0.4, 0.5) is 0 Å². The minimum Gasteiger partial charge on any atom is -0.475 e. The molecule has 0 radical (unpaired) electrons. The highest BCUT2D eigenvalue weighted by molar-refractivity contribution is 7.89. The fourth-order valence-corrected chi connectivity index (χ4v) is 2.87. The molecular weight excluding hydrogens is 270 g/mol. The average Bonchev–Trinajstić information content (AvgIpc) is 2.78. The van der Waals surface area contributed by atoms with Crippen molar-refractivity contribution in [1.82, 2.24) is 4.72 Å². The molecule has 1 heterocycles. The molecule has 1 aromatic rings. The second-order valence-corrected chi connectivity index (χ2v) is 6.09. The van der Waals surface area contributed by atoms with Crippen molar-refractivity contribution in [1.29, 1.82) is 0 Å². The summed E-state index contributed by atoms with van der Waals surface area (Å²) in [5.74, 6) is -1.68. The van der Waals surface area contributed by atoms with Crippen molar-refractivity contribution >= 4 is 16.0 Å². The number of nitrogens with one attached hydrogen (secondary N) is 1. The second-order valence-electron chi connectivity index (χ2n) is 4.44. The summed E-state index contributed by atoms with van der Waals surface area (Å²) in [5, 5.41) is 8.31. The zero-order valence-electron chi connectivity index (χ0n) is 11.0. The van der Waals surface area contributed by atoms with Gasteiger partial charge in [-0.1, -0.05) is 26.2 Å². The molecule has 7 heteroatoms. The van der Waals surface area contributed by atoms with Gasteiger partial charge >= 0.3 is 5.97 Å². The maximum absolute atomic E-state index is 11.9. The Balaban J connectivity index is 2.66. The smallest absolute Gasteiger partial charge is 0.371 e. The molecule has 0 fully saturated rings. The van der Waals surface area contributed by atoms with Crippen molar-refractivity contribution in [2.75, 3.05) is 0 Å². The Morgan fingerprint density at radius 3 is 2.63 bits per heavy atom. The zero-order chi connectivity index (χ0) is 14.5. The van der Waals surface area contributed by atoms with Crippen molar-refractivity contribution in [2.24, 2.45) is 0 Å². The molecule has 6 nitrogen and oxygen atoms in total. The number of hydrogen-bond donors (Lipinski definition) is 2. The number of carbonyl (C=O) groups is 1. The van der Waals surface area contributed by atoms with Gasteiger partial charge in [0.2, 0.25) is 10.9 Å². The summed E-state index contributed by atoms with van der Waals surface area (Å²) in [6.07, 6.45) is 3.80. The molecule has 0 aliphatic heterocycles. The van der Waals surface area contributed by atoms with Crippen molar-refractivity contribution < 1.29 is 22.7 Å². The van der Waals surface area contributed by atoms with Gasteiger partial charge in [0.1, 0.15) is 0 Å². The van der Waals surface area contributed by atoms with Gasteiger partial charge < -0.3 is 9.52 Å². The van der Waals surface area contributed by atoms with E-state index in [4.69, 9.17) is 9.52 Å². The summed E-state index contributed by atoms with van der Waals surface area (Å²) in [4.78, 5) is 10.6. The zero-order valence-corrected chi connectivity index (χ0v) is 11.9. The van der Waals surface area contributed by atoms with E-state index in [1.54, 1.807) is 6.92 Å². The fraction of sp³-hybridized carbons (Fsp3) is 0.583. The van der Waals surface area contributed by atoms with Gasteiger partial charge in [-0.15, -0.1) is 0 Å². The van der Waals surface area contributed by atoms with Crippen LogP contribution in [0.1, 0.15) is 50.1 Å². The van der Waals surface area contributed by atoms with Crippen LogP contribution in [0.15, 0.2) is 21.6 Å². The van der Waals surface area contributed by atoms with Gasteiger partial charge in [0.05, 0.1) is 0 Å². The van der Waals surface area contributed by atoms with Crippen LogP contribution in [0.2, 0.25) is 0 Å². The first kappa shape index (κ1) is 15.7. The molecule has 0 saturated heterocycles. The molecule has 19 heavy (non-hydrogen) atoms. The van der Waals surface area contributed by atoms with Crippen LogP contribution < -0.4 is 4.72 Å². The Morgan fingerprint density at radius 1 is 1.42 bits per heavy atom. The maximum atomic E-state index is 11.9. The van der Waals surface area contributed by atoms with E-state index >= 15 is 0 Å². The van der Waals surface area contributed by atoms with E-state index in [1.165, 1.54) is 0 Å². The van der Waals surface area contributed by atoms with Gasteiger partial charge in [-0.25, -0.2) is 17.9 Å². The Morgan fingerprint density at radius 2 is 2.11 bits per heavy atom. The SMILES string of the molecule is CCCCCC(C)NS(=O)(=O)c1ccc(C(=O)O)o1. The number of unbranched alkanes of at least 4 members (excludes halogenated alkanes) is 2. The number of aromatic carboxylic acids is 1. The van der Waals surface area contributed by atoms with Crippen molar-refractivity contribution in [3.05, 3.63) is 17.9 Å². The van der Waals surface area contributed by atoms with Crippen LogP contribution in [0, 0.1) is 0 Å². The molecule has 0 amide bonds. The van der Waals surface area contributed by atoms with E-state index in [0.29, 0.717) is 0 Å². The highest BCUT2D eigenvalue weighted by Gasteiger charge is 2.22. The largest absolute Gasteiger partial charge is 0.475 e. The van der Waals surface area contributed by atoms with Crippen molar-refractivity contribution in [3.8, 4) is 0 Å². The van der Waals surface area contributed by atoms with Crippen LogP contribution in [0.5, 0.6) is 0 Å². The van der Waals surface area contributed by atoms with E-state index in [-0.39, 0.29) is 16.9 Å². The Kier molecular flexibility index (Phi) is 5.56. The lowest BCUT2D eigenvalue weighted by molar-refractivity contribution is 0.0656. The Bertz CT molecular complexity index is 520. The van der Waals surface area contributed by atoms with Gasteiger partial charge in [-0.2, -0.15) is 0 Å². The predicted molar refractivity (Wildman–Crippen MR) is 69.6 cm³/mol. The molecule has 1 atom stereocenters. The molecule has 0 saturated carbocycles. The molecule has 0 bridgehead atoms. The van der Waals surface area contributed by atoms with E-state index in [2.05, 4.69) is 11.6 Å². The highest BCUT2D eigenvalue weighted by atomic mass is 32.2. The lowest BCUT2D eigenvalue weighted by atomic mass is 10.1. The van der Waals surface area contributed by atoms with Crippen molar-refractivity contribution in [2.45, 2.75) is 50.7 Å². The van der Waals surface area contributed by atoms with Crippen LogP contribution in [-0.4, -0.2) is 25.5 Å². The number of carboxylic acids is 1. The maximum Gasteiger partial charge on any atom is 0.371 e. The first-order chi connectivity index (χ1) is 8.86. The van der Waals surface area contributed by atoms with E-state index in [0.717, 1.165) is 37.8 Å². The number of carboxylic acid groups (broad SMARTS) is 1. The molecule has 0 aliphatic carbocycles. The molecule has 108 valence electrons.